The van der Waals surface area contributed by atoms with Gasteiger partial charge in [0.25, 0.3) is 0 Å². The maximum Gasteiger partial charge on any atom is 0.201 e. The van der Waals surface area contributed by atoms with Gasteiger partial charge < -0.3 is 14.2 Å². The molecular weight excluding hydrogens is 250 g/mol. The van der Waals surface area contributed by atoms with E-state index in [0.29, 0.717) is 0 Å². The van der Waals surface area contributed by atoms with Gasteiger partial charge in [-0.15, -0.1) is 11.3 Å². The van der Waals surface area contributed by atoms with Crippen LogP contribution in [0.3, 0.4) is 0 Å². The second kappa shape index (κ2) is 5.95. The van der Waals surface area contributed by atoms with Crippen molar-refractivity contribution in [3.05, 3.63) is 35.3 Å². The molecular formula is C13H15NO3S. The lowest BCUT2D eigenvalue weighted by atomic mass is 10.2. The van der Waals surface area contributed by atoms with E-state index in [4.69, 9.17) is 14.2 Å². The standard InChI is InChI=1S/C13H15NO3S/c1-15-10-6-4-5-9(7-10)12-14-11(8-18-12)13(16-2)17-3/h4-8,13H,1-3H3. The lowest BCUT2D eigenvalue weighted by Gasteiger charge is -2.09. The first-order chi connectivity index (χ1) is 8.78. The van der Waals surface area contributed by atoms with Gasteiger partial charge in [0, 0.05) is 25.2 Å². The van der Waals surface area contributed by atoms with E-state index in [1.54, 1.807) is 32.7 Å². The molecule has 0 aliphatic rings. The van der Waals surface area contributed by atoms with E-state index < -0.39 is 6.29 Å². The van der Waals surface area contributed by atoms with Gasteiger partial charge in [-0.3, -0.25) is 0 Å². The fraction of sp³-hybridized carbons (Fsp3) is 0.308. The topological polar surface area (TPSA) is 40.6 Å². The third-order valence-electron chi connectivity index (χ3n) is 2.51. The summed E-state index contributed by atoms with van der Waals surface area (Å²) in [4.78, 5) is 4.51. The minimum atomic E-state index is -0.416. The highest BCUT2D eigenvalue weighted by atomic mass is 32.1. The van der Waals surface area contributed by atoms with E-state index >= 15 is 0 Å². The van der Waals surface area contributed by atoms with Gasteiger partial charge in [0.15, 0.2) is 0 Å². The van der Waals surface area contributed by atoms with Gasteiger partial charge in [-0.05, 0) is 12.1 Å². The van der Waals surface area contributed by atoms with Crippen LogP contribution in [0.4, 0.5) is 0 Å². The summed E-state index contributed by atoms with van der Waals surface area (Å²) in [6, 6.07) is 7.81. The minimum Gasteiger partial charge on any atom is -0.497 e. The SMILES string of the molecule is COc1cccc(-c2nc(C(OC)OC)cs2)c1. The summed E-state index contributed by atoms with van der Waals surface area (Å²) in [5.74, 6) is 0.819. The summed E-state index contributed by atoms with van der Waals surface area (Å²) in [6.45, 7) is 0. The van der Waals surface area contributed by atoms with Crippen molar-refractivity contribution in [2.24, 2.45) is 0 Å². The fourth-order valence-corrected chi connectivity index (χ4v) is 2.44. The molecule has 1 heterocycles. The molecule has 2 aromatic rings. The molecule has 0 aliphatic carbocycles. The zero-order valence-corrected chi connectivity index (χ0v) is 11.4. The van der Waals surface area contributed by atoms with E-state index in [-0.39, 0.29) is 0 Å². The highest BCUT2D eigenvalue weighted by molar-refractivity contribution is 7.13. The Morgan fingerprint density at radius 1 is 1.17 bits per heavy atom. The van der Waals surface area contributed by atoms with Crippen molar-refractivity contribution in [2.45, 2.75) is 6.29 Å². The Labute approximate surface area is 110 Å². The lowest BCUT2D eigenvalue weighted by Crippen LogP contribution is -2.03. The van der Waals surface area contributed by atoms with Gasteiger partial charge in [-0.2, -0.15) is 0 Å². The van der Waals surface area contributed by atoms with Gasteiger partial charge >= 0.3 is 0 Å². The zero-order chi connectivity index (χ0) is 13.0. The molecule has 0 saturated heterocycles. The van der Waals surface area contributed by atoms with Gasteiger partial charge in [-0.1, -0.05) is 12.1 Å². The Balaban J connectivity index is 2.28. The smallest absolute Gasteiger partial charge is 0.201 e. The van der Waals surface area contributed by atoms with Gasteiger partial charge in [0.1, 0.15) is 16.5 Å². The summed E-state index contributed by atoms with van der Waals surface area (Å²) < 4.78 is 15.6. The van der Waals surface area contributed by atoms with Crippen LogP contribution in [0.5, 0.6) is 5.75 Å². The van der Waals surface area contributed by atoms with E-state index in [9.17, 15) is 0 Å². The molecule has 0 saturated carbocycles. The van der Waals surface area contributed by atoms with Crippen LogP contribution in [0, 0.1) is 0 Å². The Kier molecular flexibility index (Phi) is 4.30. The largest absolute Gasteiger partial charge is 0.497 e. The summed E-state index contributed by atoms with van der Waals surface area (Å²) in [5, 5.41) is 2.86. The Morgan fingerprint density at radius 2 is 1.94 bits per heavy atom. The molecule has 0 bridgehead atoms. The number of ether oxygens (including phenoxy) is 3. The molecule has 0 amide bonds. The first-order valence-corrected chi connectivity index (χ1v) is 6.32. The molecule has 5 heteroatoms. The van der Waals surface area contributed by atoms with E-state index in [0.717, 1.165) is 22.0 Å². The molecule has 2 rings (SSSR count). The molecule has 0 aliphatic heterocycles. The van der Waals surface area contributed by atoms with Crippen LogP contribution in [0.15, 0.2) is 29.6 Å². The fourth-order valence-electron chi connectivity index (χ4n) is 1.62. The molecule has 1 aromatic heterocycles. The van der Waals surface area contributed by atoms with E-state index in [1.807, 2.05) is 29.6 Å². The van der Waals surface area contributed by atoms with Crippen LogP contribution in [-0.4, -0.2) is 26.3 Å². The summed E-state index contributed by atoms with van der Waals surface area (Å²) >= 11 is 1.55. The van der Waals surface area contributed by atoms with Crippen molar-refractivity contribution in [3.63, 3.8) is 0 Å². The van der Waals surface area contributed by atoms with Crippen molar-refractivity contribution in [1.29, 1.82) is 0 Å². The summed E-state index contributed by atoms with van der Waals surface area (Å²) in [7, 11) is 4.84. The molecule has 1 aromatic carbocycles. The molecule has 0 atom stereocenters. The van der Waals surface area contributed by atoms with E-state index in [2.05, 4.69) is 4.98 Å². The molecule has 0 spiro atoms. The molecule has 0 radical (unpaired) electrons. The van der Waals surface area contributed by atoms with Crippen LogP contribution >= 0.6 is 11.3 Å². The third kappa shape index (κ3) is 2.69. The number of hydrogen-bond donors (Lipinski definition) is 0. The number of hydrogen-bond acceptors (Lipinski definition) is 5. The predicted molar refractivity (Wildman–Crippen MR) is 70.9 cm³/mol. The number of rotatable bonds is 5. The van der Waals surface area contributed by atoms with Crippen LogP contribution in [0.1, 0.15) is 12.0 Å². The van der Waals surface area contributed by atoms with Crippen molar-refractivity contribution in [1.82, 2.24) is 4.98 Å². The quantitative estimate of drug-likeness (QED) is 0.779. The maximum atomic E-state index is 5.20. The summed E-state index contributed by atoms with van der Waals surface area (Å²) in [5.41, 5.74) is 1.80. The Hall–Kier alpha value is -1.43. The number of benzene rings is 1. The molecule has 96 valence electrons. The highest BCUT2D eigenvalue weighted by Gasteiger charge is 2.14. The zero-order valence-electron chi connectivity index (χ0n) is 10.5. The van der Waals surface area contributed by atoms with Crippen LogP contribution < -0.4 is 4.74 Å². The molecule has 0 unspecified atom stereocenters. The minimum absolute atomic E-state index is 0.416. The van der Waals surface area contributed by atoms with Crippen LogP contribution in [0.2, 0.25) is 0 Å². The first kappa shape index (κ1) is 13.0. The molecule has 4 nitrogen and oxygen atoms in total. The number of thiazole rings is 1. The van der Waals surface area contributed by atoms with Crippen LogP contribution in [-0.2, 0) is 9.47 Å². The predicted octanol–water partition coefficient (Wildman–Crippen LogP) is 3.11. The van der Waals surface area contributed by atoms with Crippen molar-refractivity contribution < 1.29 is 14.2 Å². The van der Waals surface area contributed by atoms with Gasteiger partial charge in [0.05, 0.1) is 7.11 Å². The normalized spacial score (nSPS) is 10.9. The molecule has 0 fully saturated rings. The summed E-state index contributed by atoms with van der Waals surface area (Å²) in [6.07, 6.45) is -0.416. The number of methoxy groups -OCH3 is 3. The lowest BCUT2D eigenvalue weighted by molar-refractivity contribution is -0.108. The Bertz CT molecular complexity index is 508. The van der Waals surface area contributed by atoms with E-state index in [1.165, 1.54) is 0 Å². The van der Waals surface area contributed by atoms with Gasteiger partial charge in [-0.25, -0.2) is 4.98 Å². The first-order valence-electron chi connectivity index (χ1n) is 5.44. The van der Waals surface area contributed by atoms with Crippen molar-refractivity contribution in [2.75, 3.05) is 21.3 Å². The van der Waals surface area contributed by atoms with Crippen molar-refractivity contribution >= 4 is 11.3 Å². The number of aromatic nitrogens is 1. The average Bonchev–Trinajstić information content (AvgIpc) is 2.90. The molecule has 18 heavy (non-hydrogen) atoms. The monoisotopic (exact) mass is 265 g/mol. The van der Waals surface area contributed by atoms with Gasteiger partial charge in [0.2, 0.25) is 6.29 Å². The third-order valence-corrected chi connectivity index (χ3v) is 3.42. The maximum absolute atomic E-state index is 5.20. The number of nitrogens with zero attached hydrogens (tertiary/aromatic N) is 1. The second-order valence-corrected chi connectivity index (χ2v) is 4.47. The van der Waals surface area contributed by atoms with Crippen LogP contribution in [0.25, 0.3) is 10.6 Å². The Morgan fingerprint density at radius 3 is 2.61 bits per heavy atom. The van der Waals surface area contributed by atoms with Crippen molar-refractivity contribution in [3.8, 4) is 16.3 Å². The highest BCUT2D eigenvalue weighted by Crippen LogP contribution is 2.29. The molecule has 0 N–H and O–H groups in total. The average molecular weight is 265 g/mol. The second-order valence-electron chi connectivity index (χ2n) is 3.61.